The Labute approximate surface area is 116 Å². The van der Waals surface area contributed by atoms with E-state index in [2.05, 4.69) is 21.0 Å². The SMILES string of the molecule is COCCn1ncc(Br)c1C(=O)COC(C)(C)C. The molecular weight excluding hydrogens is 300 g/mol. The van der Waals surface area contributed by atoms with Crippen molar-refractivity contribution in [2.45, 2.75) is 32.9 Å². The first-order chi connectivity index (χ1) is 8.35. The molecule has 0 fully saturated rings. The van der Waals surface area contributed by atoms with Crippen molar-refractivity contribution in [2.24, 2.45) is 0 Å². The lowest BCUT2D eigenvalue weighted by Gasteiger charge is -2.19. The van der Waals surface area contributed by atoms with Gasteiger partial charge in [-0.15, -0.1) is 0 Å². The van der Waals surface area contributed by atoms with E-state index in [-0.39, 0.29) is 18.0 Å². The van der Waals surface area contributed by atoms with Crippen LogP contribution in [0.2, 0.25) is 0 Å². The van der Waals surface area contributed by atoms with Crippen molar-refractivity contribution in [3.05, 3.63) is 16.4 Å². The van der Waals surface area contributed by atoms with Gasteiger partial charge in [0.25, 0.3) is 0 Å². The van der Waals surface area contributed by atoms with Crippen LogP contribution in [0.4, 0.5) is 0 Å². The summed E-state index contributed by atoms with van der Waals surface area (Å²) in [5, 5.41) is 4.13. The van der Waals surface area contributed by atoms with Gasteiger partial charge in [-0.05, 0) is 36.7 Å². The van der Waals surface area contributed by atoms with E-state index in [4.69, 9.17) is 9.47 Å². The minimum atomic E-state index is -0.334. The first-order valence-electron chi connectivity index (χ1n) is 5.72. The summed E-state index contributed by atoms with van der Waals surface area (Å²) >= 11 is 3.33. The van der Waals surface area contributed by atoms with Gasteiger partial charge in [-0.25, -0.2) is 0 Å². The average molecular weight is 319 g/mol. The number of ketones is 1. The van der Waals surface area contributed by atoms with Crippen LogP contribution in [0.25, 0.3) is 0 Å². The third kappa shape index (κ3) is 4.51. The monoisotopic (exact) mass is 318 g/mol. The summed E-state index contributed by atoms with van der Waals surface area (Å²) in [4.78, 5) is 12.1. The van der Waals surface area contributed by atoms with Crippen LogP contribution in [0, 0.1) is 0 Å². The van der Waals surface area contributed by atoms with Gasteiger partial charge >= 0.3 is 0 Å². The number of hydrogen-bond donors (Lipinski definition) is 0. The van der Waals surface area contributed by atoms with Gasteiger partial charge in [0, 0.05) is 7.11 Å². The van der Waals surface area contributed by atoms with Gasteiger partial charge in [-0.1, -0.05) is 0 Å². The number of carbonyl (C=O) groups excluding carboxylic acids is 1. The second kappa shape index (κ2) is 6.45. The lowest BCUT2D eigenvalue weighted by molar-refractivity contribution is 0.00255. The molecule has 1 aromatic rings. The maximum atomic E-state index is 12.1. The summed E-state index contributed by atoms with van der Waals surface area (Å²) in [5.41, 5.74) is 0.191. The Hall–Kier alpha value is -0.720. The number of carbonyl (C=O) groups is 1. The summed E-state index contributed by atoms with van der Waals surface area (Å²) in [6, 6.07) is 0. The van der Waals surface area contributed by atoms with Crippen molar-refractivity contribution in [3.63, 3.8) is 0 Å². The van der Waals surface area contributed by atoms with Crippen molar-refractivity contribution < 1.29 is 14.3 Å². The number of halogens is 1. The Bertz CT molecular complexity index is 410. The Balaban J connectivity index is 2.75. The molecule has 0 saturated heterocycles. The normalized spacial score (nSPS) is 11.8. The summed E-state index contributed by atoms with van der Waals surface area (Å²) in [6.45, 7) is 6.83. The van der Waals surface area contributed by atoms with Crippen molar-refractivity contribution in [1.82, 2.24) is 9.78 Å². The highest BCUT2D eigenvalue weighted by molar-refractivity contribution is 9.10. The molecule has 0 bridgehead atoms. The Morgan fingerprint density at radius 2 is 2.17 bits per heavy atom. The quantitative estimate of drug-likeness (QED) is 0.755. The van der Waals surface area contributed by atoms with Crippen LogP contribution in [-0.2, 0) is 16.0 Å². The maximum absolute atomic E-state index is 12.1. The topological polar surface area (TPSA) is 53.4 Å². The molecule has 18 heavy (non-hydrogen) atoms. The molecule has 0 atom stereocenters. The van der Waals surface area contributed by atoms with Crippen LogP contribution in [0.1, 0.15) is 31.3 Å². The maximum Gasteiger partial charge on any atom is 0.207 e. The van der Waals surface area contributed by atoms with Crippen molar-refractivity contribution in [1.29, 1.82) is 0 Å². The Morgan fingerprint density at radius 3 is 2.72 bits per heavy atom. The van der Waals surface area contributed by atoms with E-state index >= 15 is 0 Å². The summed E-state index contributed by atoms with van der Waals surface area (Å²) < 4.78 is 12.8. The molecule has 5 nitrogen and oxygen atoms in total. The zero-order valence-corrected chi connectivity index (χ0v) is 12.8. The van der Waals surface area contributed by atoms with Gasteiger partial charge < -0.3 is 9.47 Å². The second-order valence-electron chi connectivity index (χ2n) is 4.88. The molecule has 0 aromatic carbocycles. The smallest absolute Gasteiger partial charge is 0.207 e. The summed E-state index contributed by atoms with van der Waals surface area (Å²) in [6.07, 6.45) is 1.61. The Kier molecular flexibility index (Phi) is 5.49. The lowest BCUT2D eigenvalue weighted by atomic mass is 10.2. The summed E-state index contributed by atoms with van der Waals surface area (Å²) in [5.74, 6) is -0.0922. The first-order valence-corrected chi connectivity index (χ1v) is 6.52. The van der Waals surface area contributed by atoms with E-state index in [1.807, 2.05) is 20.8 Å². The molecule has 0 aliphatic heterocycles. The number of nitrogens with zero attached hydrogens (tertiary/aromatic N) is 2. The van der Waals surface area contributed by atoms with Gasteiger partial charge in [-0.2, -0.15) is 5.10 Å². The zero-order valence-electron chi connectivity index (χ0n) is 11.2. The van der Waals surface area contributed by atoms with Crippen molar-refractivity contribution in [3.8, 4) is 0 Å². The largest absolute Gasteiger partial charge is 0.383 e. The standard InChI is InChI=1S/C12H19BrN2O3/c1-12(2,3)18-8-10(16)11-9(13)7-14-15(11)5-6-17-4/h7H,5-6,8H2,1-4H3. The molecule has 0 amide bonds. The molecule has 0 aliphatic carbocycles. The molecule has 0 N–H and O–H groups in total. The van der Waals surface area contributed by atoms with E-state index in [1.165, 1.54) is 0 Å². The van der Waals surface area contributed by atoms with Gasteiger partial charge in [0.15, 0.2) is 0 Å². The number of aromatic nitrogens is 2. The number of ether oxygens (including phenoxy) is 2. The van der Waals surface area contributed by atoms with Crippen LogP contribution in [0.5, 0.6) is 0 Å². The average Bonchev–Trinajstić information content (AvgIpc) is 2.64. The fraction of sp³-hybridized carbons (Fsp3) is 0.667. The number of Topliss-reactive ketones (excluding diaryl/α,β-unsaturated/α-hetero) is 1. The van der Waals surface area contributed by atoms with E-state index in [9.17, 15) is 4.79 Å². The van der Waals surface area contributed by atoms with Crippen LogP contribution in [-0.4, -0.2) is 41.5 Å². The first kappa shape index (κ1) is 15.3. The highest BCUT2D eigenvalue weighted by Crippen LogP contribution is 2.18. The van der Waals surface area contributed by atoms with E-state index in [0.717, 1.165) is 0 Å². The molecule has 0 saturated carbocycles. The van der Waals surface area contributed by atoms with Crippen LogP contribution < -0.4 is 0 Å². The molecule has 0 aliphatic rings. The molecule has 0 spiro atoms. The third-order valence-electron chi connectivity index (χ3n) is 2.20. The Morgan fingerprint density at radius 1 is 1.50 bits per heavy atom. The van der Waals surface area contributed by atoms with E-state index in [1.54, 1.807) is 18.0 Å². The molecule has 0 radical (unpaired) electrons. The van der Waals surface area contributed by atoms with Crippen molar-refractivity contribution in [2.75, 3.05) is 20.3 Å². The van der Waals surface area contributed by atoms with Crippen LogP contribution in [0.15, 0.2) is 10.7 Å². The fourth-order valence-corrected chi connectivity index (χ4v) is 1.85. The second-order valence-corrected chi connectivity index (χ2v) is 5.74. The van der Waals surface area contributed by atoms with E-state index < -0.39 is 0 Å². The number of rotatable bonds is 6. The van der Waals surface area contributed by atoms with Crippen LogP contribution in [0.3, 0.4) is 0 Å². The zero-order chi connectivity index (χ0) is 13.8. The minimum Gasteiger partial charge on any atom is -0.383 e. The predicted molar refractivity (Wildman–Crippen MR) is 71.8 cm³/mol. The molecule has 6 heteroatoms. The highest BCUT2D eigenvalue weighted by Gasteiger charge is 2.20. The molecular formula is C12H19BrN2O3. The van der Waals surface area contributed by atoms with E-state index in [0.29, 0.717) is 23.3 Å². The fourth-order valence-electron chi connectivity index (χ4n) is 1.34. The van der Waals surface area contributed by atoms with Gasteiger partial charge in [0.1, 0.15) is 12.3 Å². The predicted octanol–water partition coefficient (Wildman–Crippen LogP) is 2.29. The van der Waals surface area contributed by atoms with Crippen molar-refractivity contribution >= 4 is 21.7 Å². The molecule has 1 rings (SSSR count). The summed E-state index contributed by atoms with van der Waals surface area (Å²) in [7, 11) is 1.61. The van der Waals surface area contributed by atoms with Gasteiger partial charge in [-0.3, -0.25) is 9.48 Å². The molecule has 1 heterocycles. The van der Waals surface area contributed by atoms with Crippen LogP contribution >= 0.6 is 15.9 Å². The molecule has 102 valence electrons. The number of hydrogen-bond acceptors (Lipinski definition) is 4. The minimum absolute atomic E-state index is 0.0424. The van der Waals surface area contributed by atoms with Gasteiger partial charge in [0.2, 0.25) is 5.78 Å². The molecule has 0 unspecified atom stereocenters. The number of methoxy groups -OCH3 is 1. The van der Waals surface area contributed by atoms with Gasteiger partial charge in [0.05, 0.1) is 29.4 Å². The molecule has 1 aromatic heterocycles. The highest BCUT2D eigenvalue weighted by atomic mass is 79.9. The lowest BCUT2D eigenvalue weighted by Crippen LogP contribution is -2.25. The third-order valence-corrected chi connectivity index (χ3v) is 2.78.